The third-order valence-corrected chi connectivity index (χ3v) is 2.13. The summed E-state index contributed by atoms with van der Waals surface area (Å²) in [5.41, 5.74) is 0.905. The van der Waals surface area contributed by atoms with Gasteiger partial charge in [-0.2, -0.15) is 0 Å². The Balaban J connectivity index is 2.18. The molecule has 1 aliphatic rings. The van der Waals surface area contributed by atoms with Crippen LogP contribution in [-0.4, -0.2) is 17.8 Å². The van der Waals surface area contributed by atoms with Gasteiger partial charge in [0, 0.05) is 11.4 Å². The highest BCUT2D eigenvalue weighted by atomic mass is 35.5. The van der Waals surface area contributed by atoms with Crippen LogP contribution in [0.25, 0.3) is 0 Å². The van der Waals surface area contributed by atoms with Gasteiger partial charge in [-0.3, -0.25) is 0 Å². The molecule has 1 fully saturated rings. The normalized spacial score (nSPS) is 20.9. The van der Waals surface area contributed by atoms with Crippen LogP contribution in [0, 0.1) is 0 Å². The van der Waals surface area contributed by atoms with Crippen molar-refractivity contribution in [1.29, 1.82) is 0 Å². The van der Waals surface area contributed by atoms with Gasteiger partial charge in [0.1, 0.15) is 5.75 Å². The second-order valence-electron chi connectivity index (χ2n) is 2.93. The molecule has 2 rings (SSSR count). The molecular weight excluding hydrogens is 176 g/mol. The minimum Gasteiger partial charge on any atom is -0.508 e. The second-order valence-corrected chi connectivity index (χ2v) is 3.37. The molecule has 0 radical (unpaired) electrons. The molecular formula is C9H9ClO2. The van der Waals surface area contributed by atoms with E-state index < -0.39 is 0 Å². The standard InChI is InChI=1S/C9H9ClO2/c10-7-2-1-6(9(11)4-7)3-8-5-12-8/h1-2,4,8,11H,3,5H2. The van der Waals surface area contributed by atoms with Gasteiger partial charge < -0.3 is 9.84 Å². The minimum absolute atomic E-state index is 0.262. The molecule has 1 aromatic carbocycles. The maximum absolute atomic E-state index is 9.43. The molecule has 1 aliphatic heterocycles. The summed E-state index contributed by atoms with van der Waals surface area (Å²) in [5, 5.41) is 9.99. The van der Waals surface area contributed by atoms with E-state index in [-0.39, 0.29) is 5.75 Å². The largest absolute Gasteiger partial charge is 0.508 e. The van der Waals surface area contributed by atoms with Crippen LogP contribution in [-0.2, 0) is 11.2 Å². The zero-order valence-corrected chi connectivity index (χ0v) is 7.21. The SMILES string of the molecule is Oc1cc(Cl)ccc1CC1CO1. The first-order valence-corrected chi connectivity index (χ1v) is 4.22. The van der Waals surface area contributed by atoms with Crippen molar-refractivity contribution in [2.45, 2.75) is 12.5 Å². The highest BCUT2D eigenvalue weighted by Crippen LogP contribution is 2.26. The molecule has 0 bridgehead atoms. The predicted molar refractivity (Wildman–Crippen MR) is 46.6 cm³/mol. The number of benzene rings is 1. The zero-order valence-electron chi connectivity index (χ0n) is 6.46. The zero-order chi connectivity index (χ0) is 8.55. The van der Waals surface area contributed by atoms with Crippen LogP contribution in [0.1, 0.15) is 5.56 Å². The summed E-state index contributed by atoms with van der Waals surface area (Å²) in [6.07, 6.45) is 1.08. The fourth-order valence-corrected chi connectivity index (χ4v) is 1.31. The van der Waals surface area contributed by atoms with Crippen LogP contribution in [0.3, 0.4) is 0 Å². The van der Waals surface area contributed by atoms with Gasteiger partial charge in [0.2, 0.25) is 0 Å². The third-order valence-electron chi connectivity index (χ3n) is 1.90. The molecule has 12 heavy (non-hydrogen) atoms. The first kappa shape index (κ1) is 7.90. The lowest BCUT2D eigenvalue weighted by Gasteiger charge is -2.01. The molecule has 1 heterocycles. The monoisotopic (exact) mass is 184 g/mol. The van der Waals surface area contributed by atoms with Crippen LogP contribution >= 0.6 is 11.6 Å². The van der Waals surface area contributed by atoms with Crippen molar-refractivity contribution in [2.75, 3.05) is 6.61 Å². The number of hydrogen-bond donors (Lipinski definition) is 1. The van der Waals surface area contributed by atoms with Crippen molar-refractivity contribution in [2.24, 2.45) is 0 Å². The van der Waals surface area contributed by atoms with E-state index in [2.05, 4.69) is 0 Å². The molecule has 1 atom stereocenters. The molecule has 0 saturated carbocycles. The van der Waals surface area contributed by atoms with Crippen molar-refractivity contribution in [1.82, 2.24) is 0 Å². The molecule has 0 aromatic heterocycles. The second kappa shape index (κ2) is 2.96. The van der Waals surface area contributed by atoms with E-state index in [1.807, 2.05) is 6.07 Å². The Bertz CT molecular complexity index is 295. The van der Waals surface area contributed by atoms with E-state index in [1.54, 1.807) is 12.1 Å². The summed E-state index contributed by atoms with van der Waals surface area (Å²) in [6, 6.07) is 5.16. The molecule has 0 amide bonds. The van der Waals surface area contributed by atoms with Crippen molar-refractivity contribution in [3.05, 3.63) is 28.8 Å². The van der Waals surface area contributed by atoms with Gasteiger partial charge >= 0.3 is 0 Å². The van der Waals surface area contributed by atoms with E-state index >= 15 is 0 Å². The van der Waals surface area contributed by atoms with Crippen LogP contribution in [0.2, 0.25) is 5.02 Å². The van der Waals surface area contributed by atoms with Gasteiger partial charge in [-0.25, -0.2) is 0 Å². The quantitative estimate of drug-likeness (QED) is 0.713. The van der Waals surface area contributed by atoms with E-state index in [0.29, 0.717) is 11.1 Å². The summed E-state index contributed by atoms with van der Waals surface area (Å²) in [7, 11) is 0. The fourth-order valence-electron chi connectivity index (χ4n) is 1.14. The number of aromatic hydroxyl groups is 1. The van der Waals surface area contributed by atoms with Crippen molar-refractivity contribution < 1.29 is 9.84 Å². The molecule has 0 aliphatic carbocycles. The Morgan fingerprint density at radius 3 is 2.92 bits per heavy atom. The van der Waals surface area contributed by atoms with E-state index in [1.165, 1.54) is 0 Å². The molecule has 1 saturated heterocycles. The number of phenolic OH excluding ortho intramolecular Hbond substituents is 1. The Morgan fingerprint density at radius 1 is 1.58 bits per heavy atom. The summed E-state index contributed by atoms with van der Waals surface area (Å²) in [4.78, 5) is 0. The van der Waals surface area contributed by atoms with Crippen molar-refractivity contribution >= 4 is 11.6 Å². The summed E-state index contributed by atoms with van der Waals surface area (Å²) >= 11 is 5.68. The molecule has 3 heteroatoms. The first-order valence-electron chi connectivity index (χ1n) is 3.85. The smallest absolute Gasteiger partial charge is 0.120 e. The summed E-state index contributed by atoms with van der Waals surface area (Å²) in [6.45, 7) is 0.808. The van der Waals surface area contributed by atoms with Gasteiger partial charge in [0.15, 0.2) is 0 Å². The molecule has 1 N–H and O–H groups in total. The van der Waals surface area contributed by atoms with Crippen LogP contribution in [0.15, 0.2) is 18.2 Å². The van der Waals surface area contributed by atoms with Crippen LogP contribution < -0.4 is 0 Å². The number of halogens is 1. The van der Waals surface area contributed by atoms with Crippen LogP contribution in [0.4, 0.5) is 0 Å². The van der Waals surface area contributed by atoms with Gasteiger partial charge in [-0.15, -0.1) is 0 Å². The Labute approximate surface area is 75.7 Å². The molecule has 2 nitrogen and oxygen atoms in total. The number of rotatable bonds is 2. The Kier molecular flexibility index (Phi) is 1.95. The topological polar surface area (TPSA) is 32.8 Å². The Morgan fingerprint density at radius 2 is 2.33 bits per heavy atom. The van der Waals surface area contributed by atoms with Gasteiger partial charge in [0.25, 0.3) is 0 Å². The minimum atomic E-state index is 0.262. The van der Waals surface area contributed by atoms with Gasteiger partial charge in [-0.05, 0) is 17.7 Å². The Hall–Kier alpha value is -0.730. The van der Waals surface area contributed by atoms with Gasteiger partial charge in [-0.1, -0.05) is 17.7 Å². The number of hydrogen-bond acceptors (Lipinski definition) is 2. The van der Waals surface area contributed by atoms with E-state index in [9.17, 15) is 5.11 Å². The lowest BCUT2D eigenvalue weighted by atomic mass is 10.1. The average Bonchev–Trinajstić information content (AvgIpc) is 2.79. The average molecular weight is 185 g/mol. The lowest BCUT2D eigenvalue weighted by molar-refractivity contribution is 0.402. The molecule has 0 spiro atoms. The fraction of sp³-hybridized carbons (Fsp3) is 0.333. The van der Waals surface area contributed by atoms with Crippen molar-refractivity contribution in [3.63, 3.8) is 0 Å². The molecule has 1 aromatic rings. The van der Waals surface area contributed by atoms with Crippen LogP contribution in [0.5, 0.6) is 5.75 Å². The van der Waals surface area contributed by atoms with Crippen molar-refractivity contribution in [3.8, 4) is 5.75 Å². The highest BCUT2D eigenvalue weighted by molar-refractivity contribution is 6.30. The summed E-state index contributed by atoms with van der Waals surface area (Å²) in [5.74, 6) is 0.262. The highest BCUT2D eigenvalue weighted by Gasteiger charge is 2.23. The van der Waals surface area contributed by atoms with E-state index in [0.717, 1.165) is 18.6 Å². The number of ether oxygens (including phenoxy) is 1. The maximum Gasteiger partial charge on any atom is 0.120 e. The lowest BCUT2D eigenvalue weighted by Crippen LogP contribution is -1.92. The third kappa shape index (κ3) is 1.71. The summed E-state index contributed by atoms with van der Waals surface area (Å²) < 4.78 is 5.05. The van der Waals surface area contributed by atoms with E-state index in [4.69, 9.17) is 16.3 Å². The number of phenols is 1. The molecule has 1 unspecified atom stereocenters. The number of epoxide rings is 1. The molecule has 64 valence electrons. The maximum atomic E-state index is 9.43. The van der Waals surface area contributed by atoms with Gasteiger partial charge in [0.05, 0.1) is 12.7 Å². The first-order chi connectivity index (χ1) is 5.75. The predicted octanol–water partition coefficient (Wildman–Crippen LogP) is 1.99.